The molecule has 2 aromatic heterocycles. The quantitative estimate of drug-likeness (QED) is 0.0607. The zero-order valence-corrected chi connectivity index (χ0v) is 26.2. The number of hydrogen-bond acceptors (Lipinski definition) is 3. The van der Waals surface area contributed by atoms with Gasteiger partial charge >= 0.3 is 0 Å². The summed E-state index contributed by atoms with van der Waals surface area (Å²) in [6, 6.07) is 18.7. The van der Waals surface area contributed by atoms with Crippen LogP contribution >= 0.6 is 0 Å². The third-order valence-corrected chi connectivity index (χ3v) is 7.84. The van der Waals surface area contributed by atoms with Gasteiger partial charge in [-0.15, -0.1) is 23.1 Å². The van der Waals surface area contributed by atoms with Gasteiger partial charge in [-0.05, 0) is 44.1 Å². The van der Waals surface area contributed by atoms with Gasteiger partial charge in [0.25, 0.3) is 0 Å². The first-order valence-corrected chi connectivity index (χ1v) is 13.9. The summed E-state index contributed by atoms with van der Waals surface area (Å²) in [7, 11) is 0. The minimum Gasteiger partial charge on any atom is -0.512 e. The Morgan fingerprint density at radius 1 is 0.974 bits per heavy atom. The Labute approximate surface area is 245 Å². The van der Waals surface area contributed by atoms with E-state index in [1.807, 2.05) is 40.1 Å². The molecule has 0 spiro atoms. The number of pyridine rings is 1. The predicted molar refractivity (Wildman–Crippen MR) is 160 cm³/mol. The molecule has 0 atom stereocenters. The fraction of sp³-hybridized carbons (Fsp3) is 0.353. The van der Waals surface area contributed by atoms with E-state index < -0.39 is 0 Å². The van der Waals surface area contributed by atoms with Crippen LogP contribution in [0.15, 0.2) is 66.7 Å². The van der Waals surface area contributed by atoms with E-state index >= 15 is 0 Å². The summed E-state index contributed by atoms with van der Waals surface area (Å²) in [5.41, 5.74) is 4.75. The topological polar surface area (TPSA) is 54.6 Å². The van der Waals surface area contributed by atoms with Crippen LogP contribution in [0.3, 0.4) is 0 Å². The average molecular weight is 700 g/mol. The van der Waals surface area contributed by atoms with Crippen LogP contribution in [-0.4, -0.2) is 20.3 Å². The van der Waals surface area contributed by atoms with Crippen LogP contribution in [-0.2, 0) is 24.9 Å². The minimum absolute atomic E-state index is 0. The molecule has 0 aliphatic rings. The Morgan fingerprint density at radius 3 is 2.31 bits per heavy atom. The summed E-state index contributed by atoms with van der Waals surface area (Å²) < 4.78 is 2.16. The number of para-hydroxylation sites is 1. The number of benzene rings is 3. The molecule has 0 unspecified atom stereocenters. The Hall–Kier alpha value is -3.01. The van der Waals surface area contributed by atoms with E-state index in [0.29, 0.717) is 0 Å². The van der Waals surface area contributed by atoms with E-state index in [2.05, 4.69) is 71.8 Å². The molecule has 0 fully saturated rings. The number of aromatic nitrogens is 2. The van der Waals surface area contributed by atoms with Crippen molar-refractivity contribution >= 4 is 43.9 Å². The Morgan fingerprint density at radius 2 is 1.64 bits per heavy atom. The van der Waals surface area contributed by atoms with Crippen molar-refractivity contribution in [2.24, 2.45) is 11.8 Å². The number of imidazole rings is 1. The Kier molecular flexibility index (Phi) is 10.5. The largest absolute Gasteiger partial charge is 0.512 e. The molecule has 5 aromatic rings. The molecule has 0 amide bonds. The van der Waals surface area contributed by atoms with Gasteiger partial charge in [-0.3, -0.25) is 9.78 Å². The molecule has 1 N–H and O–H groups in total. The first-order chi connectivity index (χ1) is 18.3. The number of fused-ring (bicyclic) bond motifs is 7. The van der Waals surface area contributed by atoms with E-state index in [1.54, 1.807) is 0 Å². The van der Waals surface area contributed by atoms with Crippen molar-refractivity contribution in [2.45, 2.75) is 67.2 Å². The number of nitrogens with zero attached hydrogens (tertiary/aromatic N) is 2. The van der Waals surface area contributed by atoms with Gasteiger partial charge in [0.1, 0.15) is 0 Å². The molecule has 3 aromatic carbocycles. The SMILES string of the molecule is CCC(CC)C(=O)/C=C(\O)C(CC)CC.Cc1ccc2[c-]c3c(c(C)c2c1)c1ccccc1n1ccnc31.[Ir]. The van der Waals surface area contributed by atoms with Crippen LogP contribution in [0, 0.1) is 31.7 Å². The Bertz CT molecular complexity index is 1630. The van der Waals surface area contributed by atoms with Crippen LogP contribution in [0.2, 0.25) is 0 Å². The number of allylic oxidation sites excluding steroid dienone is 2. The third-order valence-electron chi connectivity index (χ3n) is 7.84. The molecule has 0 aliphatic heterocycles. The van der Waals surface area contributed by atoms with Gasteiger partial charge < -0.3 is 9.51 Å². The number of rotatable bonds is 7. The standard InChI is InChI=1S/C21H15N2.C13H24O2.Ir/c1-13-7-8-15-12-18-20(14(2)17(15)11-13)16-5-3-4-6-19(16)23-10-9-22-21(18)23;1-5-10(6-2)12(14)9-13(15)11(7-3)8-4;/h3-11H,1-2H3;9-11,14H,5-8H2,1-4H3;/q-1;;/b;12-9-;. The summed E-state index contributed by atoms with van der Waals surface area (Å²) in [5, 5.41) is 15.8. The van der Waals surface area contributed by atoms with Crippen molar-refractivity contribution in [3.63, 3.8) is 0 Å². The van der Waals surface area contributed by atoms with Crippen LogP contribution in [0.1, 0.15) is 64.5 Å². The van der Waals surface area contributed by atoms with Gasteiger partial charge in [-0.2, -0.15) is 0 Å². The van der Waals surface area contributed by atoms with Gasteiger partial charge in [-0.1, -0.05) is 86.7 Å². The number of hydrogen-bond donors (Lipinski definition) is 1. The molecule has 207 valence electrons. The molecule has 39 heavy (non-hydrogen) atoms. The monoisotopic (exact) mass is 700 g/mol. The van der Waals surface area contributed by atoms with Crippen LogP contribution in [0.4, 0.5) is 0 Å². The summed E-state index contributed by atoms with van der Waals surface area (Å²) >= 11 is 0. The van der Waals surface area contributed by atoms with E-state index in [-0.39, 0.29) is 43.5 Å². The average Bonchev–Trinajstić information content (AvgIpc) is 3.42. The summed E-state index contributed by atoms with van der Waals surface area (Å²) in [6.45, 7) is 12.4. The van der Waals surface area contributed by atoms with E-state index in [4.69, 9.17) is 0 Å². The van der Waals surface area contributed by atoms with Crippen molar-refractivity contribution in [2.75, 3.05) is 0 Å². The first-order valence-electron chi connectivity index (χ1n) is 13.9. The van der Waals surface area contributed by atoms with Crippen molar-refractivity contribution in [3.8, 4) is 0 Å². The van der Waals surface area contributed by atoms with E-state index in [1.165, 1.54) is 38.9 Å². The first kappa shape index (κ1) is 30.5. The molecule has 0 saturated carbocycles. The van der Waals surface area contributed by atoms with Gasteiger partial charge in [0.2, 0.25) is 0 Å². The van der Waals surface area contributed by atoms with Gasteiger partial charge in [0.05, 0.1) is 11.4 Å². The number of carbonyl (C=O) groups is 1. The number of carbonyl (C=O) groups excluding carboxylic acids is 1. The van der Waals surface area contributed by atoms with E-state index in [0.717, 1.165) is 42.1 Å². The van der Waals surface area contributed by atoms with Gasteiger partial charge in [-0.25, -0.2) is 0 Å². The van der Waals surface area contributed by atoms with Crippen LogP contribution in [0.5, 0.6) is 0 Å². The number of aryl methyl sites for hydroxylation is 2. The summed E-state index contributed by atoms with van der Waals surface area (Å²) in [6.07, 6.45) is 8.80. The zero-order chi connectivity index (χ0) is 27.4. The van der Waals surface area contributed by atoms with Crippen molar-refractivity contribution in [3.05, 3.63) is 83.9 Å². The fourth-order valence-electron chi connectivity index (χ4n) is 5.46. The minimum atomic E-state index is 0. The fourth-order valence-corrected chi connectivity index (χ4v) is 5.46. The molecule has 1 radical (unpaired) electrons. The number of aliphatic hydroxyl groups excluding tert-OH is 1. The van der Waals surface area contributed by atoms with E-state index in [9.17, 15) is 9.90 Å². The maximum atomic E-state index is 11.7. The van der Waals surface area contributed by atoms with Gasteiger partial charge in [0.15, 0.2) is 5.78 Å². The molecule has 5 rings (SSSR count). The molecule has 0 bridgehead atoms. The molecular formula is C34H39IrN2O2-. The number of aliphatic hydroxyl groups is 1. The van der Waals surface area contributed by atoms with Crippen LogP contribution in [0.25, 0.3) is 38.1 Å². The second-order valence-corrected chi connectivity index (χ2v) is 10.2. The van der Waals surface area contributed by atoms with Crippen molar-refractivity contribution < 1.29 is 30.0 Å². The predicted octanol–water partition coefficient (Wildman–Crippen LogP) is 9.08. The normalized spacial score (nSPS) is 11.8. The molecule has 2 heterocycles. The second kappa shape index (κ2) is 13.4. The Balaban J connectivity index is 0.000000233. The second-order valence-electron chi connectivity index (χ2n) is 10.2. The zero-order valence-electron chi connectivity index (χ0n) is 23.8. The molecule has 4 nitrogen and oxygen atoms in total. The molecular weight excluding hydrogens is 661 g/mol. The maximum Gasteiger partial charge on any atom is 0.162 e. The summed E-state index contributed by atoms with van der Waals surface area (Å²) in [4.78, 5) is 16.3. The van der Waals surface area contributed by atoms with Gasteiger partial charge in [0, 0.05) is 55.9 Å². The maximum absolute atomic E-state index is 11.7. The molecule has 0 aliphatic carbocycles. The summed E-state index contributed by atoms with van der Waals surface area (Å²) in [5.74, 6) is 0.547. The van der Waals surface area contributed by atoms with Crippen LogP contribution < -0.4 is 0 Å². The van der Waals surface area contributed by atoms with Crippen molar-refractivity contribution in [1.82, 2.24) is 9.38 Å². The smallest absolute Gasteiger partial charge is 0.162 e. The molecule has 5 heteroatoms. The molecule has 0 saturated heterocycles. The number of ketones is 1. The third kappa shape index (κ3) is 6.10. The van der Waals surface area contributed by atoms with Crippen molar-refractivity contribution in [1.29, 1.82) is 0 Å².